The Morgan fingerprint density at radius 3 is 2.87 bits per heavy atom. The first-order chi connectivity index (χ1) is 11.0. The highest BCUT2D eigenvalue weighted by atomic mass is 16.5. The fourth-order valence-corrected chi connectivity index (χ4v) is 3.27. The molecule has 130 valence electrons. The molecule has 1 aromatic heterocycles. The van der Waals surface area contributed by atoms with Gasteiger partial charge < -0.3 is 15.4 Å². The Morgan fingerprint density at radius 2 is 2.22 bits per heavy atom. The molecule has 2 amide bonds. The van der Waals surface area contributed by atoms with Crippen LogP contribution in [-0.2, 0) is 11.8 Å². The van der Waals surface area contributed by atoms with Crippen LogP contribution in [0.4, 0.5) is 4.79 Å². The molecule has 3 unspecified atom stereocenters. The number of nitrogens with one attached hydrogen (secondary N) is 2. The van der Waals surface area contributed by atoms with Crippen LogP contribution in [0.5, 0.6) is 0 Å². The lowest BCUT2D eigenvalue weighted by atomic mass is 9.88. The van der Waals surface area contributed by atoms with Gasteiger partial charge in [-0.2, -0.15) is 5.10 Å². The summed E-state index contributed by atoms with van der Waals surface area (Å²) < 4.78 is 7.67. The summed E-state index contributed by atoms with van der Waals surface area (Å²) in [5, 5.41) is 10.1. The molecular formula is C17H30N4O2. The Kier molecular flexibility index (Phi) is 6.45. The molecule has 0 radical (unpaired) electrons. The number of nitrogens with zero attached hydrogens (tertiary/aromatic N) is 2. The van der Waals surface area contributed by atoms with E-state index >= 15 is 0 Å². The molecule has 2 rings (SSSR count). The predicted molar refractivity (Wildman–Crippen MR) is 90.3 cm³/mol. The molecule has 0 bridgehead atoms. The lowest BCUT2D eigenvalue weighted by molar-refractivity contribution is -0.00244. The minimum atomic E-state index is -0.166. The van der Waals surface area contributed by atoms with E-state index in [4.69, 9.17) is 4.74 Å². The van der Waals surface area contributed by atoms with E-state index in [1.807, 2.05) is 27.1 Å². The molecule has 0 aromatic carbocycles. The van der Waals surface area contributed by atoms with Crippen LogP contribution >= 0.6 is 0 Å². The fraction of sp³-hybridized carbons (Fsp3) is 0.765. The number of aromatic nitrogens is 2. The van der Waals surface area contributed by atoms with Crippen molar-refractivity contribution in [3.8, 4) is 0 Å². The normalized spacial score (nSPS) is 22.6. The van der Waals surface area contributed by atoms with Gasteiger partial charge in [0.15, 0.2) is 0 Å². The third-order valence-electron chi connectivity index (χ3n) is 4.62. The Morgan fingerprint density at radius 1 is 1.48 bits per heavy atom. The SMILES string of the molecule is Cc1nn(C)cc1C(C)NC(=O)NCCOC1CCCCC1C. The van der Waals surface area contributed by atoms with Gasteiger partial charge in [-0.25, -0.2) is 4.79 Å². The predicted octanol–water partition coefficient (Wildman–Crippen LogP) is 2.68. The second-order valence-corrected chi connectivity index (χ2v) is 6.64. The number of carbonyl (C=O) groups is 1. The van der Waals surface area contributed by atoms with Gasteiger partial charge in [0.2, 0.25) is 0 Å². The summed E-state index contributed by atoms with van der Waals surface area (Å²) in [6, 6.07) is -0.232. The second kappa shape index (κ2) is 8.34. The Bertz CT molecular complexity index is 515. The van der Waals surface area contributed by atoms with Crippen LogP contribution in [0.3, 0.4) is 0 Å². The van der Waals surface area contributed by atoms with Crippen molar-refractivity contribution >= 4 is 6.03 Å². The highest BCUT2D eigenvalue weighted by molar-refractivity contribution is 5.74. The van der Waals surface area contributed by atoms with Crippen molar-refractivity contribution < 1.29 is 9.53 Å². The van der Waals surface area contributed by atoms with Gasteiger partial charge >= 0.3 is 6.03 Å². The molecule has 1 heterocycles. The van der Waals surface area contributed by atoms with E-state index in [1.165, 1.54) is 19.3 Å². The van der Waals surface area contributed by atoms with E-state index < -0.39 is 0 Å². The van der Waals surface area contributed by atoms with Crippen molar-refractivity contribution in [2.75, 3.05) is 13.2 Å². The van der Waals surface area contributed by atoms with Crippen molar-refractivity contribution in [2.24, 2.45) is 13.0 Å². The van der Waals surface area contributed by atoms with E-state index in [9.17, 15) is 4.79 Å². The maximum atomic E-state index is 12.0. The van der Waals surface area contributed by atoms with Crippen LogP contribution in [0.1, 0.15) is 56.8 Å². The molecule has 1 aliphatic rings. The number of amides is 2. The van der Waals surface area contributed by atoms with E-state index in [0.717, 1.165) is 17.7 Å². The Labute approximate surface area is 139 Å². The summed E-state index contributed by atoms with van der Waals surface area (Å²) in [7, 11) is 1.88. The number of rotatable bonds is 6. The lowest BCUT2D eigenvalue weighted by Gasteiger charge is -2.28. The number of hydrogen-bond acceptors (Lipinski definition) is 3. The van der Waals surface area contributed by atoms with Gasteiger partial charge in [-0.3, -0.25) is 4.68 Å². The molecule has 0 spiro atoms. The van der Waals surface area contributed by atoms with Crippen LogP contribution in [0.2, 0.25) is 0 Å². The molecule has 3 atom stereocenters. The monoisotopic (exact) mass is 322 g/mol. The van der Waals surface area contributed by atoms with E-state index in [2.05, 4.69) is 22.7 Å². The first-order valence-electron chi connectivity index (χ1n) is 8.63. The minimum absolute atomic E-state index is 0.0667. The van der Waals surface area contributed by atoms with Crippen LogP contribution < -0.4 is 10.6 Å². The van der Waals surface area contributed by atoms with Crippen molar-refractivity contribution in [1.29, 1.82) is 0 Å². The Hall–Kier alpha value is -1.56. The first kappa shape index (κ1) is 17.8. The van der Waals surface area contributed by atoms with Gasteiger partial charge in [0.05, 0.1) is 24.4 Å². The molecular weight excluding hydrogens is 292 g/mol. The number of urea groups is 1. The van der Waals surface area contributed by atoms with Gasteiger partial charge in [0.1, 0.15) is 0 Å². The zero-order valence-corrected chi connectivity index (χ0v) is 14.8. The van der Waals surface area contributed by atoms with Crippen LogP contribution in [0.15, 0.2) is 6.20 Å². The number of carbonyl (C=O) groups excluding carboxylic acids is 1. The fourth-order valence-electron chi connectivity index (χ4n) is 3.27. The summed E-state index contributed by atoms with van der Waals surface area (Å²) >= 11 is 0. The topological polar surface area (TPSA) is 68.2 Å². The molecule has 2 N–H and O–H groups in total. The highest BCUT2D eigenvalue weighted by Gasteiger charge is 2.21. The summed E-state index contributed by atoms with van der Waals surface area (Å²) in [6.07, 6.45) is 7.25. The zero-order chi connectivity index (χ0) is 16.8. The molecule has 6 heteroatoms. The summed E-state index contributed by atoms with van der Waals surface area (Å²) in [4.78, 5) is 12.0. The second-order valence-electron chi connectivity index (χ2n) is 6.64. The standard InChI is InChI=1S/C17H30N4O2/c1-12-7-5-6-8-16(12)23-10-9-18-17(22)19-13(2)15-11-21(4)20-14(15)3/h11-13,16H,5-10H2,1-4H3,(H2,18,19,22). The van der Waals surface area contributed by atoms with E-state index in [1.54, 1.807) is 4.68 Å². The maximum absolute atomic E-state index is 12.0. The average Bonchev–Trinajstić information content (AvgIpc) is 2.84. The van der Waals surface area contributed by atoms with Crippen molar-refractivity contribution in [3.63, 3.8) is 0 Å². The molecule has 1 fully saturated rings. The van der Waals surface area contributed by atoms with Gasteiger partial charge in [-0.05, 0) is 32.6 Å². The quantitative estimate of drug-likeness (QED) is 0.791. The van der Waals surface area contributed by atoms with Crippen molar-refractivity contribution in [2.45, 2.75) is 58.6 Å². The number of aryl methyl sites for hydroxylation is 2. The van der Waals surface area contributed by atoms with E-state index in [0.29, 0.717) is 25.2 Å². The molecule has 1 saturated carbocycles. The van der Waals surface area contributed by atoms with Crippen molar-refractivity contribution in [3.05, 3.63) is 17.5 Å². The summed E-state index contributed by atoms with van der Waals surface area (Å²) in [5.74, 6) is 0.631. The van der Waals surface area contributed by atoms with Crippen LogP contribution in [0, 0.1) is 12.8 Å². The average molecular weight is 322 g/mol. The van der Waals surface area contributed by atoms with Gasteiger partial charge in [-0.15, -0.1) is 0 Å². The minimum Gasteiger partial charge on any atom is -0.376 e. The molecule has 1 aliphatic carbocycles. The van der Waals surface area contributed by atoms with Crippen LogP contribution in [-0.4, -0.2) is 35.1 Å². The summed E-state index contributed by atoms with van der Waals surface area (Å²) in [5.41, 5.74) is 1.98. The van der Waals surface area contributed by atoms with Crippen LogP contribution in [0.25, 0.3) is 0 Å². The summed E-state index contributed by atoms with van der Waals surface area (Å²) in [6.45, 7) is 7.27. The van der Waals surface area contributed by atoms with Crippen molar-refractivity contribution in [1.82, 2.24) is 20.4 Å². The third-order valence-corrected chi connectivity index (χ3v) is 4.62. The molecule has 0 aliphatic heterocycles. The lowest BCUT2D eigenvalue weighted by Crippen LogP contribution is -2.39. The van der Waals surface area contributed by atoms with Gasteiger partial charge in [-0.1, -0.05) is 19.8 Å². The number of ether oxygens (including phenoxy) is 1. The third kappa shape index (κ3) is 5.23. The molecule has 1 aromatic rings. The molecule has 23 heavy (non-hydrogen) atoms. The highest BCUT2D eigenvalue weighted by Crippen LogP contribution is 2.25. The van der Waals surface area contributed by atoms with Gasteiger partial charge in [0, 0.05) is 25.4 Å². The smallest absolute Gasteiger partial charge is 0.315 e. The molecule has 6 nitrogen and oxygen atoms in total. The molecule has 0 saturated heterocycles. The maximum Gasteiger partial charge on any atom is 0.315 e. The number of hydrogen-bond donors (Lipinski definition) is 2. The first-order valence-corrected chi connectivity index (χ1v) is 8.63. The van der Waals surface area contributed by atoms with E-state index in [-0.39, 0.29) is 12.1 Å². The zero-order valence-electron chi connectivity index (χ0n) is 14.8. The largest absolute Gasteiger partial charge is 0.376 e. The Balaban J connectivity index is 1.66. The van der Waals surface area contributed by atoms with Gasteiger partial charge in [0.25, 0.3) is 0 Å².